The SMILES string of the molecule is CC1=C(C(=O)c2ccc3c(c2)C3)C(=O)CCC1. The van der Waals surface area contributed by atoms with Crippen LogP contribution in [-0.2, 0) is 11.2 Å². The molecule has 1 aromatic rings. The Morgan fingerprint density at radius 1 is 1.18 bits per heavy atom. The molecule has 0 saturated carbocycles. The van der Waals surface area contributed by atoms with Crippen LogP contribution in [0.3, 0.4) is 0 Å². The lowest BCUT2D eigenvalue weighted by molar-refractivity contribution is -0.115. The number of hydrogen-bond acceptors (Lipinski definition) is 2. The molecule has 1 aromatic carbocycles. The van der Waals surface area contributed by atoms with Gasteiger partial charge in [0.2, 0.25) is 0 Å². The van der Waals surface area contributed by atoms with Crippen LogP contribution in [-0.4, -0.2) is 11.6 Å². The molecule has 0 heterocycles. The topological polar surface area (TPSA) is 34.1 Å². The third kappa shape index (κ3) is 1.74. The van der Waals surface area contributed by atoms with Crippen LogP contribution in [0.5, 0.6) is 0 Å². The molecule has 0 aromatic heterocycles. The molecule has 2 nitrogen and oxygen atoms in total. The van der Waals surface area contributed by atoms with Gasteiger partial charge in [-0.15, -0.1) is 0 Å². The second kappa shape index (κ2) is 3.66. The van der Waals surface area contributed by atoms with Gasteiger partial charge in [0.05, 0.1) is 5.57 Å². The Hall–Kier alpha value is -1.70. The second-order valence-corrected chi connectivity index (χ2v) is 4.92. The first-order valence-electron chi connectivity index (χ1n) is 6.06. The van der Waals surface area contributed by atoms with Gasteiger partial charge in [-0.25, -0.2) is 0 Å². The number of carbonyl (C=O) groups is 2. The minimum absolute atomic E-state index is 0.0172. The molecule has 0 amide bonds. The molecule has 0 spiro atoms. The molecule has 0 fully saturated rings. The Morgan fingerprint density at radius 3 is 2.71 bits per heavy atom. The molecule has 2 aliphatic rings. The molecule has 0 radical (unpaired) electrons. The van der Waals surface area contributed by atoms with Crippen molar-refractivity contribution in [1.29, 1.82) is 0 Å². The van der Waals surface area contributed by atoms with E-state index in [9.17, 15) is 9.59 Å². The maximum atomic E-state index is 12.3. The molecule has 0 unspecified atom stereocenters. The lowest BCUT2D eigenvalue weighted by Crippen LogP contribution is -2.18. The zero-order valence-electron chi connectivity index (χ0n) is 9.88. The van der Waals surface area contributed by atoms with Crippen molar-refractivity contribution in [2.75, 3.05) is 0 Å². The number of carbonyl (C=O) groups excluding carboxylic acids is 2. The average molecular weight is 226 g/mol. The first-order chi connectivity index (χ1) is 8.16. The number of Topliss-reactive ketones (excluding diaryl/α,β-unsaturated/α-hetero) is 2. The van der Waals surface area contributed by atoms with Gasteiger partial charge in [0.1, 0.15) is 0 Å². The van der Waals surface area contributed by atoms with Crippen LogP contribution in [0.15, 0.2) is 29.3 Å². The fourth-order valence-electron chi connectivity index (χ4n) is 2.50. The van der Waals surface area contributed by atoms with E-state index < -0.39 is 0 Å². The van der Waals surface area contributed by atoms with E-state index in [0.29, 0.717) is 17.6 Å². The van der Waals surface area contributed by atoms with Crippen LogP contribution in [0, 0.1) is 0 Å². The first kappa shape index (κ1) is 10.5. The van der Waals surface area contributed by atoms with Crippen LogP contribution in [0.25, 0.3) is 0 Å². The first-order valence-corrected chi connectivity index (χ1v) is 6.06. The van der Waals surface area contributed by atoms with E-state index in [-0.39, 0.29) is 11.6 Å². The highest BCUT2D eigenvalue weighted by Gasteiger charge is 2.26. The fraction of sp³-hybridized carbons (Fsp3) is 0.333. The van der Waals surface area contributed by atoms with Gasteiger partial charge in [-0.1, -0.05) is 17.7 Å². The smallest absolute Gasteiger partial charge is 0.196 e. The van der Waals surface area contributed by atoms with Crippen molar-refractivity contribution in [3.63, 3.8) is 0 Å². The zero-order valence-corrected chi connectivity index (χ0v) is 9.88. The normalized spacial score (nSPS) is 18.1. The second-order valence-electron chi connectivity index (χ2n) is 4.92. The Morgan fingerprint density at radius 2 is 2.00 bits per heavy atom. The number of hydrogen-bond donors (Lipinski definition) is 0. The van der Waals surface area contributed by atoms with Gasteiger partial charge in [-0.2, -0.15) is 0 Å². The zero-order chi connectivity index (χ0) is 12.0. The number of allylic oxidation sites excluding steroid dienone is 2. The highest BCUT2D eigenvalue weighted by atomic mass is 16.1. The summed E-state index contributed by atoms with van der Waals surface area (Å²) in [6, 6.07) is 5.77. The van der Waals surface area contributed by atoms with E-state index in [1.54, 1.807) is 0 Å². The highest BCUT2D eigenvalue weighted by molar-refractivity contribution is 6.27. The summed E-state index contributed by atoms with van der Waals surface area (Å²) < 4.78 is 0. The van der Waals surface area contributed by atoms with Gasteiger partial charge in [-0.05, 0) is 43.4 Å². The van der Waals surface area contributed by atoms with Crippen molar-refractivity contribution in [2.24, 2.45) is 0 Å². The van der Waals surface area contributed by atoms with E-state index in [4.69, 9.17) is 0 Å². The largest absolute Gasteiger partial charge is 0.294 e. The van der Waals surface area contributed by atoms with Crippen molar-refractivity contribution < 1.29 is 9.59 Å². The quantitative estimate of drug-likeness (QED) is 0.583. The predicted octanol–water partition coefficient (Wildman–Crippen LogP) is 2.84. The maximum absolute atomic E-state index is 12.3. The van der Waals surface area contributed by atoms with Crippen LogP contribution >= 0.6 is 0 Å². The van der Waals surface area contributed by atoms with Gasteiger partial charge in [-0.3, -0.25) is 9.59 Å². The van der Waals surface area contributed by atoms with E-state index >= 15 is 0 Å². The third-order valence-corrected chi connectivity index (χ3v) is 3.61. The molecule has 3 rings (SSSR count). The molecule has 0 saturated heterocycles. The minimum atomic E-state index is -0.0816. The molecule has 0 bridgehead atoms. The van der Waals surface area contributed by atoms with Gasteiger partial charge in [0.25, 0.3) is 0 Å². The summed E-state index contributed by atoms with van der Waals surface area (Å²) >= 11 is 0. The number of ketones is 2. The fourth-order valence-corrected chi connectivity index (χ4v) is 2.50. The predicted molar refractivity (Wildman–Crippen MR) is 65.1 cm³/mol. The van der Waals surface area contributed by atoms with Crippen LogP contribution < -0.4 is 0 Å². The summed E-state index contributed by atoms with van der Waals surface area (Å²) in [7, 11) is 0. The summed E-state index contributed by atoms with van der Waals surface area (Å²) in [6.45, 7) is 1.90. The maximum Gasteiger partial charge on any atom is 0.196 e. The lowest BCUT2D eigenvalue weighted by Gasteiger charge is -2.15. The number of benzene rings is 1. The van der Waals surface area contributed by atoms with Crippen LogP contribution in [0.1, 0.15) is 47.7 Å². The van der Waals surface area contributed by atoms with Crippen LogP contribution in [0.2, 0.25) is 0 Å². The Kier molecular flexibility index (Phi) is 2.25. The third-order valence-electron chi connectivity index (χ3n) is 3.61. The molecule has 2 heteroatoms. The molecular formula is C15H14O2. The number of rotatable bonds is 2. The van der Waals surface area contributed by atoms with E-state index in [2.05, 4.69) is 0 Å². The average Bonchev–Trinajstić information content (AvgIpc) is 3.06. The molecular weight excluding hydrogens is 212 g/mol. The Bertz CT molecular complexity index is 564. The standard InChI is InChI=1S/C15H14O2/c1-9-3-2-4-13(16)14(9)15(17)11-6-5-10-7-12(10)8-11/h5-6,8H,2-4,7H2,1H3. The Labute approximate surface area is 100 Å². The molecule has 0 aliphatic heterocycles. The lowest BCUT2D eigenvalue weighted by atomic mass is 9.87. The van der Waals surface area contributed by atoms with E-state index in [1.165, 1.54) is 11.1 Å². The highest BCUT2D eigenvalue weighted by Crippen LogP contribution is 2.30. The molecule has 2 aliphatic carbocycles. The molecule has 0 atom stereocenters. The summed E-state index contributed by atoms with van der Waals surface area (Å²) in [4.78, 5) is 24.2. The van der Waals surface area contributed by atoms with Gasteiger partial charge < -0.3 is 0 Å². The summed E-state index contributed by atoms with van der Waals surface area (Å²) in [5.41, 5.74) is 4.64. The summed E-state index contributed by atoms with van der Waals surface area (Å²) in [5, 5.41) is 0. The molecule has 86 valence electrons. The van der Waals surface area contributed by atoms with Gasteiger partial charge >= 0.3 is 0 Å². The van der Waals surface area contributed by atoms with E-state index in [0.717, 1.165) is 24.8 Å². The monoisotopic (exact) mass is 226 g/mol. The molecule has 0 N–H and O–H groups in total. The van der Waals surface area contributed by atoms with Gasteiger partial charge in [0.15, 0.2) is 11.6 Å². The molecule has 17 heavy (non-hydrogen) atoms. The van der Waals surface area contributed by atoms with Crippen molar-refractivity contribution in [3.8, 4) is 0 Å². The van der Waals surface area contributed by atoms with Crippen molar-refractivity contribution in [2.45, 2.75) is 32.6 Å². The number of fused-ring (bicyclic) bond motifs is 1. The van der Waals surface area contributed by atoms with E-state index in [1.807, 2.05) is 25.1 Å². The summed E-state index contributed by atoms with van der Waals surface area (Å²) in [6.07, 6.45) is 3.27. The van der Waals surface area contributed by atoms with Crippen LogP contribution in [0.4, 0.5) is 0 Å². The van der Waals surface area contributed by atoms with Crippen molar-refractivity contribution in [1.82, 2.24) is 0 Å². The van der Waals surface area contributed by atoms with Crippen molar-refractivity contribution >= 4 is 11.6 Å². The minimum Gasteiger partial charge on any atom is -0.294 e. The van der Waals surface area contributed by atoms with Gasteiger partial charge in [0, 0.05) is 12.0 Å². The van der Waals surface area contributed by atoms with Crippen molar-refractivity contribution in [3.05, 3.63) is 46.0 Å². The Balaban J connectivity index is 1.99. The summed E-state index contributed by atoms with van der Waals surface area (Å²) in [5.74, 6) is -0.0643.